The molecule has 0 saturated carbocycles. The molecule has 0 N–H and O–H groups in total. The van der Waals surface area contributed by atoms with Crippen molar-refractivity contribution in [1.82, 2.24) is 15.0 Å². The molecule has 2 heterocycles. The van der Waals surface area contributed by atoms with Gasteiger partial charge in [-0.1, -0.05) is 109 Å². The molecule has 5 aromatic rings. The summed E-state index contributed by atoms with van der Waals surface area (Å²) >= 11 is 6.38. The van der Waals surface area contributed by atoms with Crippen LogP contribution in [0.1, 0.15) is 17.3 Å². The standard InChI is InChI=1S/C33H22ClN3O/c34-25-18-19-28-27(20-25)30-26(12-7-13-29(30)38-28)33-36-31(23-10-5-2-6-11-23)35-32(37-33)24-16-14-22(15-17-24)21-8-3-1-4-9-21/h1-20,29-30H. The first-order chi connectivity index (χ1) is 18.7. The largest absolute Gasteiger partial charge is 0.485 e. The summed E-state index contributed by atoms with van der Waals surface area (Å²) in [7, 11) is 0. The fourth-order valence-corrected chi connectivity index (χ4v) is 5.32. The number of nitrogens with zero attached hydrogens (tertiary/aromatic N) is 3. The highest BCUT2D eigenvalue weighted by Gasteiger charge is 2.38. The maximum absolute atomic E-state index is 6.38. The summed E-state index contributed by atoms with van der Waals surface area (Å²) in [5.41, 5.74) is 6.22. The first kappa shape index (κ1) is 22.6. The van der Waals surface area contributed by atoms with Gasteiger partial charge in [0.25, 0.3) is 0 Å². The molecule has 2 aliphatic rings. The molecule has 0 bridgehead atoms. The van der Waals surface area contributed by atoms with Crippen molar-refractivity contribution in [3.8, 4) is 39.7 Å². The van der Waals surface area contributed by atoms with Crippen LogP contribution in [-0.2, 0) is 0 Å². The lowest BCUT2D eigenvalue weighted by Gasteiger charge is -2.22. The average Bonchev–Trinajstić information content (AvgIpc) is 3.36. The molecule has 4 nitrogen and oxygen atoms in total. The predicted octanol–water partition coefficient (Wildman–Crippen LogP) is 8.02. The minimum absolute atomic E-state index is 0.0481. The van der Waals surface area contributed by atoms with Gasteiger partial charge < -0.3 is 4.74 Å². The lowest BCUT2D eigenvalue weighted by molar-refractivity contribution is 0.271. The number of ether oxygens (including phenoxy) is 1. The zero-order valence-electron chi connectivity index (χ0n) is 20.3. The third kappa shape index (κ3) is 4.09. The second-order valence-electron chi connectivity index (χ2n) is 9.36. The van der Waals surface area contributed by atoms with Crippen LogP contribution in [0.2, 0.25) is 5.02 Å². The van der Waals surface area contributed by atoms with Crippen molar-refractivity contribution in [2.75, 3.05) is 0 Å². The van der Waals surface area contributed by atoms with Crippen LogP contribution in [0.3, 0.4) is 0 Å². The minimum Gasteiger partial charge on any atom is -0.485 e. The van der Waals surface area contributed by atoms with E-state index in [1.54, 1.807) is 0 Å². The molecule has 2 atom stereocenters. The molecule has 38 heavy (non-hydrogen) atoms. The van der Waals surface area contributed by atoms with Crippen molar-refractivity contribution in [2.24, 2.45) is 0 Å². The molecule has 182 valence electrons. The summed E-state index contributed by atoms with van der Waals surface area (Å²) < 4.78 is 6.25. The number of hydrogen-bond acceptors (Lipinski definition) is 4. The van der Waals surface area contributed by atoms with Crippen molar-refractivity contribution in [3.05, 3.63) is 138 Å². The number of aromatic nitrogens is 3. The van der Waals surface area contributed by atoms with Gasteiger partial charge in [0.15, 0.2) is 17.5 Å². The van der Waals surface area contributed by atoms with Crippen molar-refractivity contribution in [3.63, 3.8) is 0 Å². The highest BCUT2D eigenvalue weighted by molar-refractivity contribution is 6.30. The number of hydrogen-bond donors (Lipinski definition) is 0. The van der Waals surface area contributed by atoms with Crippen molar-refractivity contribution in [1.29, 1.82) is 0 Å². The minimum atomic E-state index is -0.131. The number of rotatable bonds is 4. The molecule has 0 radical (unpaired) electrons. The van der Waals surface area contributed by atoms with Gasteiger partial charge in [0.05, 0.1) is 5.92 Å². The molecule has 4 aromatic carbocycles. The van der Waals surface area contributed by atoms with E-state index in [-0.39, 0.29) is 12.0 Å². The molecule has 0 spiro atoms. The fourth-order valence-electron chi connectivity index (χ4n) is 5.14. The summed E-state index contributed by atoms with van der Waals surface area (Å²) in [6.45, 7) is 0. The van der Waals surface area contributed by atoms with Crippen LogP contribution in [0.15, 0.2) is 121 Å². The Morgan fingerprint density at radius 1 is 0.605 bits per heavy atom. The molecule has 1 aliphatic carbocycles. The summed E-state index contributed by atoms with van der Waals surface area (Å²) in [5.74, 6) is 2.70. The Balaban J connectivity index is 1.35. The first-order valence-electron chi connectivity index (χ1n) is 12.6. The van der Waals surface area contributed by atoms with Crippen LogP contribution in [0.5, 0.6) is 5.75 Å². The smallest absolute Gasteiger partial charge is 0.164 e. The van der Waals surface area contributed by atoms with Crippen LogP contribution in [0, 0.1) is 0 Å². The monoisotopic (exact) mass is 511 g/mol. The maximum Gasteiger partial charge on any atom is 0.164 e. The molecule has 0 saturated heterocycles. The van der Waals surface area contributed by atoms with Gasteiger partial charge in [-0.3, -0.25) is 0 Å². The van der Waals surface area contributed by atoms with Gasteiger partial charge in [-0.2, -0.15) is 0 Å². The Labute approximate surface area is 226 Å². The SMILES string of the molecule is Clc1ccc2c(c1)C1C(c3nc(-c4ccccc4)nc(-c4ccc(-c5ccccc5)cc4)n3)=CC=CC1O2. The highest BCUT2D eigenvalue weighted by atomic mass is 35.5. The molecule has 7 rings (SSSR count). The van der Waals surface area contributed by atoms with Crippen LogP contribution in [-0.4, -0.2) is 21.1 Å². The van der Waals surface area contributed by atoms with E-state index in [1.165, 1.54) is 5.56 Å². The van der Waals surface area contributed by atoms with E-state index < -0.39 is 0 Å². The number of halogens is 1. The Kier molecular flexibility index (Phi) is 5.60. The third-order valence-electron chi connectivity index (χ3n) is 6.99. The summed E-state index contributed by atoms with van der Waals surface area (Å²) in [6.07, 6.45) is 6.04. The number of allylic oxidation sites excluding steroid dienone is 2. The molecule has 1 aliphatic heterocycles. The van der Waals surface area contributed by atoms with E-state index >= 15 is 0 Å². The fraction of sp³-hybridized carbons (Fsp3) is 0.0606. The van der Waals surface area contributed by atoms with Gasteiger partial charge in [-0.05, 0) is 35.4 Å². The summed E-state index contributed by atoms with van der Waals surface area (Å²) in [5, 5.41) is 0.682. The molecule has 2 unspecified atom stereocenters. The Bertz CT molecular complexity index is 1700. The van der Waals surface area contributed by atoms with Crippen molar-refractivity contribution in [2.45, 2.75) is 12.0 Å². The predicted molar refractivity (Wildman–Crippen MR) is 152 cm³/mol. The van der Waals surface area contributed by atoms with E-state index in [2.05, 4.69) is 48.6 Å². The lowest BCUT2D eigenvalue weighted by Crippen LogP contribution is -2.20. The molecule has 1 aromatic heterocycles. The van der Waals surface area contributed by atoms with E-state index in [1.807, 2.05) is 72.8 Å². The first-order valence-corrected chi connectivity index (χ1v) is 12.9. The van der Waals surface area contributed by atoms with Gasteiger partial charge in [0.1, 0.15) is 11.9 Å². The third-order valence-corrected chi connectivity index (χ3v) is 7.22. The van der Waals surface area contributed by atoms with Gasteiger partial charge in [-0.15, -0.1) is 0 Å². The maximum atomic E-state index is 6.38. The quantitative estimate of drug-likeness (QED) is 0.245. The van der Waals surface area contributed by atoms with Gasteiger partial charge >= 0.3 is 0 Å². The van der Waals surface area contributed by atoms with Crippen LogP contribution < -0.4 is 4.74 Å². The zero-order chi connectivity index (χ0) is 25.5. The molecule has 5 heteroatoms. The van der Waals surface area contributed by atoms with Gasteiger partial charge in [0, 0.05) is 27.3 Å². The zero-order valence-corrected chi connectivity index (χ0v) is 21.1. The van der Waals surface area contributed by atoms with Gasteiger partial charge in [-0.25, -0.2) is 15.0 Å². The van der Waals surface area contributed by atoms with E-state index in [0.29, 0.717) is 22.5 Å². The molecule has 0 amide bonds. The Morgan fingerprint density at radius 3 is 1.89 bits per heavy atom. The summed E-state index contributed by atoms with van der Waals surface area (Å²) in [4.78, 5) is 14.9. The number of benzene rings is 4. The van der Waals surface area contributed by atoms with E-state index in [4.69, 9.17) is 31.3 Å². The second kappa shape index (κ2) is 9.40. The van der Waals surface area contributed by atoms with E-state index in [9.17, 15) is 0 Å². The van der Waals surface area contributed by atoms with Crippen LogP contribution in [0.25, 0.3) is 39.5 Å². The molecular weight excluding hydrogens is 490 g/mol. The second-order valence-corrected chi connectivity index (χ2v) is 9.80. The number of fused-ring (bicyclic) bond motifs is 3. The Hall–Kier alpha value is -4.54. The molecule has 0 fully saturated rings. The summed E-state index contributed by atoms with van der Waals surface area (Å²) in [6, 6.07) is 34.5. The van der Waals surface area contributed by atoms with Crippen LogP contribution in [0.4, 0.5) is 0 Å². The Morgan fingerprint density at radius 2 is 1.18 bits per heavy atom. The van der Waals surface area contributed by atoms with E-state index in [0.717, 1.165) is 33.6 Å². The molecular formula is C33H22ClN3O. The normalized spacial score (nSPS) is 17.3. The topological polar surface area (TPSA) is 47.9 Å². The van der Waals surface area contributed by atoms with Crippen LogP contribution >= 0.6 is 11.6 Å². The van der Waals surface area contributed by atoms with Crippen molar-refractivity contribution >= 4 is 17.2 Å². The van der Waals surface area contributed by atoms with Gasteiger partial charge in [0.2, 0.25) is 0 Å². The average molecular weight is 512 g/mol. The van der Waals surface area contributed by atoms with Crippen molar-refractivity contribution < 1.29 is 4.74 Å². The highest BCUT2D eigenvalue weighted by Crippen LogP contribution is 2.48. The lowest BCUT2D eigenvalue weighted by atomic mass is 9.84.